The predicted molar refractivity (Wildman–Crippen MR) is 53.8 cm³/mol. The second-order valence-corrected chi connectivity index (χ2v) is 4.56. The number of hydrogen-bond donors (Lipinski definition) is 2. The molecule has 0 rings (SSSR count). The van der Waals surface area contributed by atoms with Crippen LogP contribution in [0, 0.1) is 5.41 Å². The van der Waals surface area contributed by atoms with Gasteiger partial charge in [-0.25, -0.2) is 0 Å². The van der Waals surface area contributed by atoms with Gasteiger partial charge in [0.2, 0.25) is 0 Å². The van der Waals surface area contributed by atoms with Gasteiger partial charge >= 0.3 is 5.97 Å². The number of carbonyl (C=O) groups is 1. The normalized spacial score (nSPS) is 14.2. The molecule has 3 heteroatoms. The van der Waals surface area contributed by atoms with E-state index < -0.39 is 5.97 Å². The van der Waals surface area contributed by atoms with Gasteiger partial charge in [-0.3, -0.25) is 4.79 Å². The molecule has 0 saturated carbocycles. The Hall–Kier alpha value is -0.570. The lowest BCUT2D eigenvalue weighted by Crippen LogP contribution is -2.37. The van der Waals surface area contributed by atoms with Crippen molar-refractivity contribution < 1.29 is 9.90 Å². The minimum atomic E-state index is -0.753. The van der Waals surface area contributed by atoms with E-state index >= 15 is 0 Å². The van der Waals surface area contributed by atoms with Gasteiger partial charge in [-0.05, 0) is 24.8 Å². The lowest BCUT2D eigenvalue weighted by Gasteiger charge is -2.20. The lowest BCUT2D eigenvalue weighted by atomic mass is 9.92. The minimum absolute atomic E-state index is 0.268. The van der Waals surface area contributed by atoms with E-state index in [9.17, 15) is 4.79 Å². The van der Waals surface area contributed by atoms with Gasteiger partial charge in [0.05, 0.1) is 0 Å². The number of aliphatic carboxylic acids is 1. The summed E-state index contributed by atoms with van der Waals surface area (Å²) in [5, 5.41) is 11.8. The molecule has 0 aliphatic heterocycles. The quantitative estimate of drug-likeness (QED) is 0.691. The first-order chi connectivity index (χ1) is 5.87. The van der Waals surface area contributed by atoms with Crippen LogP contribution in [0.5, 0.6) is 0 Å². The van der Waals surface area contributed by atoms with Gasteiger partial charge in [0.15, 0.2) is 0 Å². The first-order valence-corrected chi connectivity index (χ1v) is 4.83. The van der Waals surface area contributed by atoms with E-state index in [4.69, 9.17) is 5.11 Å². The molecule has 78 valence electrons. The Morgan fingerprint density at radius 1 is 1.46 bits per heavy atom. The van der Waals surface area contributed by atoms with Crippen LogP contribution in [0.1, 0.15) is 40.5 Å². The zero-order valence-electron chi connectivity index (χ0n) is 9.05. The molecule has 0 aliphatic carbocycles. The minimum Gasteiger partial charge on any atom is -0.480 e. The highest BCUT2D eigenvalue weighted by Gasteiger charge is 2.15. The number of nitrogens with one attached hydrogen (secondary N) is 1. The molecule has 0 aromatic carbocycles. The van der Waals surface area contributed by atoms with E-state index in [0.29, 0.717) is 6.42 Å². The van der Waals surface area contributed by atoms with Crippen molar-refractivity contribution in [3.05, 3.63) is 0 Å². The molecule has 3 nitrogen and oxygen atoms in total. The van der Waals surface area contributed by atoms with Crippen LogP contribution in [-0.4, -0.2) is 23.7 Å². The van der Waals surface area contributed by atoms with Crippen LogP contribution in [0.15, 0.2) is 0 Å². The largest absolute Gasteiger partial charge is 0.480 e. The average Bonchev–Trinajstić information content (AvgIpc) is 1.95. The first-order valence-electron chi connectivity index (χ1n) is 4.83. The molecular formula is C10H21NO2. The van der Waals surface area contributed by atoms with Gasteiger partial charge in [-0.15, -0.1) is 0 Å². The number of hydrogen-bond acceptors (Lipinski definition) is 2. The monoisotopic (exact) mass is 187 g/mol. The second kappa shape index (κ2) is 5.22. The van der Waals surface area contributed by atoms with Gasteiger partial charge in [0.25, 0.3) is 0 Å². The standard InChI is InChI=1S/C10H21NO2/c1-5-8(9(12)13)11-7-6-10(2,3)4/h8,11H,5-7H2,1-4H3,(H,12,13). The highest BCUT2D eigenvalue weighted by Crippen LogP contribution is 2.17. The van der Waals surface area contributed by atoms with Gasteiger partial charge in [0.1, 0.15) is 6.04 Å². The Morgan fingerprint density at radius 2 is 2.00 bits per heavy atom. The van der Waals surface area contributed by atoms with Crippen LogP contribution in [0.3, 0.4) is 0 Å². The fourth-order valence-corrected chi connectivity index (χ4v) is 1.03. The third kappa shape index (κ3) is 6.58. The molecule has 0 saturated heterocycles. The Balaban J connectivity index is 3.68. The summed E-state index contributed by atoms with van der Waals surface area (Å²) in [4.78, 5) is 10.6. The molecule has 0 spiro atoms. The van der Waals surface area contributed by atoms with E-state index in [1.54, 1.807) is 0 Å². The number of rotatable bonds is 5. The molecule has 0 aliphatic rings. The summed E-state index contributed by atoms with van der Waals surface area (Å²) >= 11 is 0. The Morgan fingerprint density at radius 3 is 2.31 bits per heavy atom. The summed E-state index contributed by atoms with van der Waals surface area (Å²) in [7, 11) is 0. The summed E-state index contributed by atoms with van der Waals surface area (Å²) in [6.45, 7) is 9.10. The van der Waals surface area contributed by atoms with E-state index in [1.807, 2.05) is 6.92 Å². The van der Waals surface area contributed by atoms with Crippen LogP contribution in [0.2, 0.25) is 0 Å². The molecule has 0 aromatic rings. The fraction of sp³-hybridized carbons (Fsp3) is 0.900. The van der Waals surface area contributed by atoms with E-state index in [-0.39, 0.29) is 11.5 Å². The molecule has 1 atom stereocenters. The number of carboxylic acids is 1. The van der Waals surface area contributed by atoms with Crippen LogP contribution >= 0.6 is 0 Å². The maximum absolute atomic E-state index is 10.6. The van der Waals surface area contributed by atoms with Crippen molar-refractivity contribution in [3.8, 4) is 0 Å². The van der Waals surface area contributed by atoms with Crippen LogP contribution in [0.4, 0.5) is 0 Å². The third-order valence-corrected chi connectivity index (χ3v) is 1.97. The van der Waals surface area contributed by atoms with Crippen molar-refractivity contribution in [2.45, 2.75) is 46.6 Å². The van der Waals surface area contributed by atoms with Crippen LogP contribution in [0.25, 0.3) is 0 Å². The molecule has 0 heterocycles. The summed E-state index contributed by atoms with van der Waals surface area (Å²) < 4.78 is 0. The van der Waals surface area contributed by atoms with E-state index in [2.05, 4.69) is 26.1 Å². The maximum Gasteiger partial charge on any atom is 0.320 e. The van der Waals surface area contributed by atoms with Crippen molar-refractivity contribution in [3.63, 3.8) is 0 Å². The molecule has 1 unspecified atom stereocenters. The fourth-order valence-electron chi connectivity index (χ4n) is 1.03. The highest BCUT2D eigenvalue weighted by atomic mass is 16.4. The molecule has 13 heavy (non-hydrogen) atoms. The lowest BCUT2D eigenvalue weighted by molar-refractivity contribution is -0.139. The van der Waals surface area contributed by atoms with Gasteiger partial charge in [-0.2, -0.15) is 0 Å². The van der Waals surface area contributed by atoms with Crippen LogP contribution < -0.4 is 5.32 Å². The van der Waals surface area contributed by atoms with Crippen molar-refractivity contribution in [1.29, 1.82) is 0 Å². The Bertz CT molecular complexity index is 161. The Labute approximate surface area is 80.5 Å². The van der Waals surface area contributed by atoms with Gasteiger partial charge in [0, 0.05) is 0 Å². The first kappa shape index (κ1) is 12.4. The zero-order valence-corrected chi connectivity index (χ0v) is 9.05. The maximum atomic E-state index is 10.6. The topological polar surface area (TPSA) is 49.3 Å². The van der Waals surface area contributed by atoms with Crippen molar-refractivity contribution >= 4 is 5.97 Å². The van der Waals surface area contributed by atoms with Crippen molar-refractivity contribution in [2.24, 2.45) is 5.41 Å². The zero-order chi connectivity index (χ0) is 10.5. The van der Waals surface area contributed by atoms with Gasteiger partial charge in [-0.1, -0.05) is 27.7 Å². The molecule has 0 radical (unpaired) electrons. The molecular weight excluding hydrogens is 166 g/mol. The number of carboxylic acid groups (broad SMARTS) is 1. The van der Waals surface area contributed by atoms with E-state index in [0.717, 1.165) is 13.0 Å². The van der Waals surface area contributed by atoms with Crippen molar-refractivity contribution in [1.82, 2.24) is 5.32 Å². The molecule has 0 bridgehead atoms. The third-order valence-electron chi connectivity index (χ3n) is 1.97. The summed E-state index contributed by atoms with van der Waals surface area (Å²) in [6.07, 6.45) is 1.64. The van der Waals surface area contributed by atoms with E-state index in [1.165, 1.54) is 0 Å². The average molecular weight is 187 g/mol. The SMILES string of the molecule is CCC(NCCC(C)(C)C)C(=O)O. The second-order valence-electron chi connectivity index (χ2n) is 4.56. The molecule has 2 N–H and O–H groups in total. The predicted octanol–water partition coefficient (Wildman–Crippen LogP) is 1.88. The Kier molecular flexibility index (Phi) is 4.99. The van der Waals surface area contributed by atoms with Crippen LogP contribution in [-0.2, 0) is 4.79 Å². The van der Waals surface area contributed by atoms with Crippen molar-refractivity contribution in [2.75, 3.05) is 6.54 Å². The van der Waals surface area contributed by atoms with Gasteiger partial charge < -0.3 is 10.4 Å². The molecule has 0 amide bonds. The highest BCUT2D eigenvalue weighted by molar-refractivity contribution is 5.73. The smallest absolute Gasteiger partial charge is 0.320 e. The summed E-state index contributed by atoms with van der Waals surface area (Å²) in [5.41, 5.74) is 0.268. The summed E-state index contributed by atoms with van der Waals surface area (Å²) in [6, 6.07) is -0.387. The summed E-state index contributed by atoms with van der Waals surface area (Å²) in [5.74, 6) is -0.753. The molecule has 0 fully saturated rings. The molecule has 0 aromatic heterocycles.